The molecule has 1 aliphatic carbocycles. The molecule has 1 unspecified atom stereocenters. The average molecular weight is 222 g/mol. The van der Waals surface area contributed by atoms with Gasteiger partial charge in [0.05, 0.1) is 5.92 Å². The maximum atomic E-state index is 12.8. The molecule has 1 fully saturated rings. The first-order chi connectivity index (χ1) is 7.67. The topological polar surface area (TPSA) is 54.5 Å². The van der Waals surface area contributed by atoms with Crippen LogP contribution >= 0.6 is 0 Å². The molecule has 0 bridgehead atoms. The molecular formula is C10H8F2N4. The highest BCUT2D eigenvalue weighted by Crippen LogP contribution is 2.55. The molecular weight excluding hydrogens is 214 g/mol. The minimum atomic E-state index is -2.58. The van der Waals surface area contributed by atoms with Crippen molar-refractivity contribution in [2.24, 2.45) is 0 Å². The summed E-state index contributed by atoms with van der Waals surface area (Å²) in [5.41, 5.74) is 0.950. The Morgan fingerprint density at radius 2 is 2.00 bits per heavy atom. The third-order valence-corrected chi connectivity index (χ3v) is 2.59. The van der Waals surface area contributed by atoms with Crippen molar-refractivity contribution < 1.29 is 8.78 Å². The highest BCUT2D eigenvalue weighted by molar-refractivity contribution is 5.49. The second kappa shape index (κ2) is 3.07. The number of aromatic amines is 1. The minimum absolute atomic E-state index is 0.107. The van der Waals surface area contributed by atoms with Crippen LogP contribution in [-0.4, -0.2) is 26.1 Å². The summed E-state index contributed by atoms with van der Waals surface area (Å²) in [4.78, 5) is 7.99. The molecule has 0 spiro atoms. The molecule has 1 N–H and O–H groups in total. The minimum Gasteiger partial charge on any atom is -0.281 e. The molecule has 82 valence electrons. The fourth-order valence-corrected chi connectivity index (χ4v) is 1.61. The molecule has 0 amide bonds. The van der Waals surface area contributed by atoms with E-state index in [1.807, 2.05) is 0 Å². The Kier molecular flexibility index (Phi) is 1.80. The van der Waals surface area contributed by atoms with E-state index in [0.717, 1.165) is 0 Å². The molecule has 16 heavy (non-hydrogen) atoms. The highest BCUT2D eigenvalue weighted by atomic mass is 19.3. The van der Waals surface area contributed by atoms with Gasteiger partial charge < -0.3 is 0 Å². The highest BCUT2D eigenvalue weighted by Gasteiger charge is 2.58. The number of rotatable bonds is 2. The largest absolute Gasteiger partial charge is 0.281 e. The van der Waals surface area contributed by atoms with Crippen LogP contribution in [0.5, 0.6) is 0 Å². The summed E-state index contributed by atoms with van der Waals surface area (Å²) in [7, 11) is 0. The van der Waals surface area contributed by atoms with Crippen LogP contribution < -0.4 is 0 Å². The molecule has 4 nitrogen and oxygen atoms in total. The third-order valence-electron chi connectivity index (χ3n) is 2.59. The molecule has 6 heteroatoms. The average Bonchev–Trinajstić information content (AvgIpc) is 2.76. The van der Waals surface area contributed by atoms with Gasteiger partial charge in [-0.2, -0.15) is 5.10 Å². The Morgan fingerprint density at radius 1 is 1.31 bits per heavy atom. The van der Waals surface area contributed by atoms with Gasteiger partial charge in [0.2, 0.25) is 0 Å². The molecule has 0 saturated heterocycles. The van der Waals surface area contributed by atoms with E-state index in [4.69, 9.17) is 0 Å². The molecule has 2 heterocycles. The van der Waals surface area contributed by atoms with Crippen molar-refractivity contribution in [2.45, 2.75) is 18.3 Å². The van der Waals surface area contributed by atoms with Gasteiger partial charge in [0, 0.05) is 24.5 Å². The Labute approximate surface area is 89.7 Å². The Morgan fingerprint density at radius 3 is 2.62 bits per heavy atom. The van der Waals surface area contributed by atoms with E-state index in [1.165, 1.54) is 0 Å². The summed E-state index contributed by atoms with van der Waals surface area (Å²) in [5, 5.41) is 6.54. The lowest BCUT2D eigenvalue weighted by Crippen LogP contribution is -1.92. The van der Waals surface area contributed by atoms with E-state index >= 15 is 0 Å². The Hall–Kier alpha value is -1.85. The quantitative estimate of drug-likeness (QED) is 0.845. The van der Waals surface area contributed by atoms with Crippen molar-refractivity contribution in [2.75, 3.05) is 0 Å². The first-order valence-electron chi connectivity index (χ1n) is 4.87. The lowest BCUT2D eigenvalue weighted by molar-refractivity contribution is 0.111. The Balaban J connectivity index is 1.89. The first-order valence-corrected chi connectivity index (χ1v) is 4.87. The molecule has 2 aromatic heterocycles. The molecule has 1 aliphatic rings. The smallest absolute Gasteiger partial charge is 0.257 e. The van der Waals surface area contributed by atoms with Crippen LogP contribution in [0.4, 0.5) is 8.78 Å². The van der Waals surface area contributed by atoms with Gasteiger partial charge in [-0.15, -0.1) is 0 Å². The normalized spacial score (nSPS) is 22.0. The van der Waals surface area contributed by atoms with Gasteiger partial charge in [-0.1, -0.05) is 0 Å². The van der Waals surface area contributed by atoms with Crippen molar-refractivity contribution in [1.82, 2.24) is 20.2 Å². The second-order valence-electron chi connectivity index (χ2n) is 3.80. The van der Waals surface area contributed by atoms with Gasteiger partial charge in [-0.25, -0.2) is 18.7 Å². The van der Waals surface area contributed by atoms with Crippen LogP contribution in [0.15, 0.2) is 24.5 Å². The fraction of sp³-hybridized carbons (Fsp3) is 0.300. The summed E-state index contributed by atoms with van der Waals surface area (Å²) in [5.74, 6) is -2.87. The number of halogens is 2. The molecule has 0 aromatic carbocycles. The lowest BCUT2D eigenvalue weighted by Gasteiger charge is -1.92. The number of nitrogens with zero attached hydrogens (tertiary/aromatic N) is 3. The SMILES string of the molecule is FC1(F)CC1c1cc(-c2ncccn2)n[nH]1. The first kappa shape index (κ1) is 9.38. The molecule has 1 atom stereocenters. The van der Waals surface area contributed by atoms with Gasteiger partial charge in [-0.05, 0) is 12.1 Å². The van der Waals surface area contributed by atoms with E-state index in [-0.39, 0.29) is 6.42 Å². The Bertz CT molecular complexity index is 509. The molecule has 0 aliphatic heterocycles. The van der Waals surface area contributed by atoms with E-state index < -0.39 is 11.8 Å². The van der Waals surface area contributed by atoms with E-state index in [1.54, 1.807) is 24.5 Å². The van der Waals surface area contributed by atoms with Crippen LogP contribution in [0, 0.1) is 0 Å². The lowest BCUT2D eigenvalue weighted by atomic mass is 10.2. The molecule has 2 aromatic rings. The van der Waals surface area contributed by atoms with Gasteiger partial charge >= 0.3 is 0 Å². The zero-order chi connectivity index (χ0) is 11.2. The zero-order valence-electron chi connectivity index (χ0n) is 8.19. The number of aromatic nitrogens is 4. The summed E-state index contributed by atoms with van der Waals surface area (Å²) in [6, 6.07) is 3.27. The van der Waals surface area contributed by atoms with Crippen molar-refractivity contribution in [3.63, 3.8) is 0 Å². The maximum absolute atomic E-state index is 12.8. The predicted molar refractivity (Wildman–Crippen MR) is 51.9 cm³/mol. The summed E-state index contributed by atoms with van der Waals surface area (Å²) >= 11 is 0. The van der Waals surface area contributed by atoms with Crippen LogP contribution in [0.2, 0.25) is 0 Å². The number of alkyl halides is 2. The van der Waals surface area contributed by atoms with Crippen molar-refractivity contribution in [3.8, 4) is 11.5 Å². The summed E-state index contributed by atoms with van der Waals surface area (Å²) in [6.07, 6.45) is 3.06. The summed E-state index contributed by atoms with van der Waals surface area (Å²) in [6.45, 7) is 0. The van der Waals surface area contributed by atoms with Crippen molar-refractivity contribution in [3.05, 3.63) is 30.2 Å². The fourth-order valence-electron chi connectivity index (χ4n) is 1.61. The van der Waals surface area contributed by atoms with Crippen molar-refractivity contribution in [1.29, 1.82) is 0 Å². The van der Waals surface area contributed by atoms with Gasteiger partial charge in [0.1, 0.15) is 5.69 Å². The monoisotopic (exact) mass is 222 g/mol. The standard InChI is InChI=1S/C10H8F2N4/c11-10(12)5-6(10)7-4-8(16-15-7)9-13-2-1-3-14-9/h1-4,6H,5H2,(H,15,16). The van der Waals surface area contributed by atoms with E-state index in [0.29, 0.717) is 17.2 Å². The van der Waals surface area contributed by atoms with Crippen LogP contribution in [0.25, 0.3) is 11.5 Å². The number of H-pyrrole nitrogens is 1. The molecule has 0 radical (unpaired) electrons. The zero-order valence-corrected chi connectivity index (χ0v) is 8.19. The number of hydrogen-bond acceptors (Lipinski definition) is 3. The third kappa shape index (κ3) is 1.46. The summed E-state index contributed by atoms with van der Waals surface area (Å²) < 4.78 is 25.6. The van der Waals surface area contributed by atoms with Gasteiger partial charge in [0.15, 0.2) is 5.82 Å². The van der Waals surface area contributed by atoms with E-state index in [9.17, 15) is 8.78 Å². The predicted octanol–water partition coefficient (Wildman–Crippen LogP) is 1.99. The van der Waals surface area contributed by atoms with Gasteiger partial charge in [-0.3, -0.25) is 5.10 Å². The van der Waals surface area contributed by atoms with Crippen LogP contribution in [0.1, 0.15) is 18.0 Å². The van der Waals surface area contributed by atoms with Crippen LogP contribution in [-0.2, 0) is 0 Å². The van der Waals surface area contributed by atoms with Crippen molar-refractivity contribution >= 4 is 0 Å². The molecule has 1 saturated carbocycles. The second-order valence-corrected chi connectivity index (χ2v) is 3.80. The maximum Gasteiger partial charge on any atom is 0.257 e. The molecule has 3 rings (SSSR count). The van der Waals surface area contributed by atoms with E-state index in [2.05, 4.69) is 20.2 Å². The number of hydrogen-bond donors (Lipinski definition) is 1. The van der Waals surface area contributed by atoms with Gasteiger partial charge in [0.25, 0.3) is 5.92 Å². The van der Waals surface area contributed by atoms with Crippen LogP contribution in [0.3, 0.4) is 0 Å². The number of nitrogens with one attached hydrogen (secondary N) is 1.